The second-order valence-corrected chi connectivity index (χ2v) is 6.18. The molecule has 1 fully saturated rings. The minimum Gasteiger partial charge on any atom is -0.351 e. The Bertz CT molecular complexity index is 895. The first kappa shape index (κ1) is 16.1. The Balaban J connectivity index is 2.06. The van der Waals surface area contributed by atoms with Gasteiger partial charge >= 0.3 is 0 Å². The van der Waals surface area contributed by atoms with Gasteiger partial charge in [-0.1, -0.05) is 17.7 Å². The predicted molar refractivity (Wildman–Crippen MR) is 97.5 cm³/mol. The van der Waals surface area contributed by atoms with Gasteiger partial charge in [-0.2, -0.15) is 0 Å². The van der Waals surface area contributed by atoms with Crippen LogP contribution in [0.3, 0.4) is 0 Å². The molecule has 0 saturated carbocycles. The van der Waals surface area contributed by atoms with Crippen LogP contribution in [-0.4, -0.2) is 21.5 Å². The molecule has 1 aromatic heterocycles. The summed E-state index contributed by atoms with van der Waals surface area (Å²) < 4.78 is 1.84. The number of carbonyl (C=O) groups is 2. The summed E-state index contributed by atoms with van der Waals surface area (Å²) in [5.74, 6) is -0.899. The van der Waals surface area contributed by atoms with E-state index in [1.165, 1.54) is 4.90 Å². The van der Waals surface area contributed by atoms with Gasteiger partial charge in [-0.05, 0) is 55.9 Å². The lowest BCUT2D eigenvalue weighted by Crippen LogP contribution is -2.54. The van der Waals surface area contributed by atoms with Crippen LogP contribution in [0.2, 0.25) is 0 Å². The maximum atomic E-state index is 12.9. The Morgan fingerprint density at radius 2 is 1.92 bits per heavy atom. The van der Waals surface area contributed by atoms with Gasteiger partial charge in [0, 0.05) is 18.9 Å². The first-order chi connectivity index (χ1) is 11.4. The third kappa shape index (κ3) is 2.76. The van der Waals surface area contributed by atoms with E-state index in [4.69, 9.17) is 12.2 Å². The van der Waals surface area contributed by atoms with Crippen molar-refractivity contribution in [3.63, 3.8) is 0 Å². The van der Waals surface area contributed by atoms with E-state index in [0.717, 1.165) is 16.8 Å². The summed E-state index contributed by atoms with van der Waals surface area (Å²) >= 11 is 5.22. The fourth-order valence-electron chi connectivity index (χ4n) is 2.70. The molecule has 1 aliphatic rings. The first-order valence-corrected chi connectivity index (χ1v) is 7.89. The number of nitrogens with zero attached hydrogens (tertiary/aromatic N) is 2. The monoisotopic (exact) mass is 339 g/mol. The van der Waals surface area contributed by atoms with E-state index >= 15 is 0 Å². The van der Waals surface area contributed by atoms with E-state index in [9.17, 15) is 9.59 Å². The number of nitrogens with one attached hydrogen (secondary N) is 1. The molecular formula is C18H17N3O2S. The topological polar surface area (TPSA) is 54.3 Å². The van der Waals surface area contributed by atoms with Crippen molar-refractivity contribution in [1.29, 1.82) is 0 Å². The van der Waals surface area contributed by atoms with E-state index in [-0.39, 0.29) is 10.7 Å². The van der Waals surface area contributed by atoms with Crippen LogP contribution < -0.4 is 10.2 Å². The van der Waals surface area contributed by atoms with Crippen molar-refractivity contribution in [3.8, 4) is 0 Å². The van der Waals surface area contributed by atoms with Crippen LogP contribution in [0.25, 0.3) is 6.08 Å². The van der Waals surface area contributed by atoms with Crippen molar-refractivity contribution in [2.45, 2.75) is 13.8 Å². The van der Waals surface area contributed by atoms with Crippen LogP contribution in [0.4, 0.5) is 5.69 Å². The molecule has 0 aliphatic carbocycles. The molecule has 1 aliphatic heterocycles. The molecule has 2 aromatic rings. The van der Waals surface area contributed by atoms with Crippen LogP contribution in [0, 0.1) is 13.8 Å². The summed E-state index contributed by atoms with van der Waals surface area (Å²) in [5, 5.41) is 2.70. The maximum absolute atomic E-state index is 12.9. The Hall–Kier alpha value is -2.73. The summed E-state index contributed by atoms with van der Waals surface area (Å²) in [4.78, 5) is 26.5. The number of aryl methyl sites for hydroxylation is 3. The third-order valence-electron chi connectivity index (χ3n) is 3.97. The Labute approximate surface area is 145 Å². The molecule has 0 bridgehead atoms. The SMILES string of the molecule is Cc1ccc(N2C(=O)/C(=C/c3cccn3C)C(=O)NC2=S)c(C)c1. The molecule has 1 aromatic carbocycles. The highest BCUT2D eigenvalue weighted by molar-refractivity contribution is 7.80. The zero-order valence-corrected chi connectivity index (χ0v) is 14.5. The van der Waals surface area contributed by atoms with Crippen molar-refractivity contribution in [2.75, 3.05) is 4.90 Å². The lowest BCUT2D eigenvalue weighted by molar-refractivity contribution is -0.122. The molecular weight excluding hydrogens is 322 g/mol. The second-order valence-electron chi connectivity index (χ2n) is 5.79. The molecule has 2 heterocycles. The average molecular weight is 339 g/mol. The minimum absolute atomic E-state index is 0.0605. The largest absolute Gasteiger partial charge is 0.351 e. The Kier molecular flexibility index (Phi) is 4.07. The number of rotatable bonds is 2. The maximum Gasteiger partial charge on any atom is 0.270 e. The number of anilines is 1. The normalized spacial score (nSPS) is 16.7. The van der Waals surface area contributed by atoms with Gasteiger partial charge in [0.15, 0.2) is 5.11 Å². The van der Waals surface area contributed by atoms with E-state index in [1.54, 1.807) is 6.08 Å². The molecule has 1 saturated heterocycles. The molecule has 6 heteroatoms. The van der Waals surface area contributed by atoms with Crippen LogP contribution in [0.1, 0.15) is 16.8 Å². The van der Waals surface area contributed by atoms with Crippen molar-refractivity contribution in [1.82, 2.24) is 9.88 Å². The van der Waals surface area contributed by atoms with Crippen LogP contribution in [-0.2, 0) is 16.6 Å². The van der Waals surface area contributed by atoms with Gasteiger partial charge in [0.05, 0.1) is 5.69 Å². The Morgan fingerprint density at radius 1 is 1.17 bits per heavy atom. The first-order valence-electron chi connectivity index (χ1n) is 7.48. The van der Waals surface area contributed by atoms with Gasteiger partial charge in [-0.25, -0.2) is 0 Å². The molecule has 24 heavy (non-hydrogen) atoms. The molecule has 1 N–H and O–H groups in total. The van der Waals surface area contributed by atoms with E-state index in [1.807, 2.05) is 62.0 Å². The number of hydrogen-bond donors (Lipinski definition) is 1. The number of benzene rings is 1. The molecule has 0 atom stereocenters. The zero-order valence-electron chi connectivity index (χ0n) is 13.7. The predicted octanol–water partition coefficient (Wildman–Crippen LogP) is 2.47. The van der Waals surface area contributed by atoms with Crippen LogP contribution in [0.15, 0.2) is 42.1 Å². The lowest BCUT2D eigenvalue weighted by atomic mass is 10.1. The number of aromatic nitrogens is 1. The van der Waals surface area contributed by atoms with Gasteiger partial charge in [-0.3, -0.25) is 19.8 Å². The number of carbonyl (C=O) groups excluding carboxylic acids is 2. The van der Waals surface area contributed by atoms with Gasteiger partial charge < -0.3 is 4.57 Å². The number of hydrogen-bond acceptors (Lipinski definition) is 3. The fraction of sp³-hybridized carbons (Fsp3) is 0.167. The molecule has 2 amide bonds. The summed E-state index contributed by atoms with van der Waals surface area (Å²) in [6, 6.07) is 9.41. The van der Waals surface area contributed by atoms with Crippen molar-refractivity contribution < 1.29 is 9.59 Å². The van der Waals surface area contributed by atoms with E-state index in [2.05, 4.69) is 5.32 Å². The van der Waals surface area contributed by atoms with E-state index < -0.39 is 11.8 Å². The highest BCUT2D eigenvalue weighted by Gasteiger charge is 2.35. The summed E-state index contributed by atoms with van der Waals surface area (Å²) in [6.45, 7) is 3.89. The third-order valence-corrected chi connectivity index (χ3v) is 4.26. The van der Waals surface area contributed by atoms with E-state index in [0.29, 0.717) is 5.69 Å². The molecule has 0 unspecified atom stereocenters. The highest BCUT2D eigenvalue weighted by atomic mass is 32.1. The fourth-order valence-corrected chi connectivity index (χ4v) is 2.98. The molecule has 3 rings (SSSR count). The van der Waals surface area contributed by atoms with Crippen LogP contribution >= 0.6 is 12.2 Å². The minimum atomic E-state index is -0.479. The highest BCUT2D eigenvalue weighted by Crippen LogP contribution is 2.26. The summed E-state index contributed by atoms with van der Waals surface area (Å²) in [5.41, 5.74) is 3.51. The van der Waals surface area contributed by atoms with Crippen molar-refractivity contribution in [2.24, 2.45) is 7.05 Å². The quantitative estimate of drug-likeness (QED) is 0.519. The zero-order chi connectivity index (χ0) is 17.4. The van der Waals surface area contributed by atoms with Gasteiger partial charge in [0.1, 0.15) is 5.57 Å². The standard InChI is InChI=1S/C18H17N3O2S/c1-11-6-7-15(12(2)9-11)21-17(23)14(16(22)19-18(21)24)10-13-5-4-8-20(13)3/h4-10H,1-3H3,(H,19,22,24)/b14-10+. The van der Waals surface area contributed by atoms with Crippen LogP contribution in [0.5, 0.6) is 0 Å². The lowest BCUT2D eigenvalue weighted by Gasteiger charge is -2.30. The average Bonchev–Trinajstić information content (AvgIpc) is 2.90. The number of thiocarbonyl (C=S) groups is 1. The summed E-state index contributed by atoms with van der Waals surface area (Å²) in [7, 11) is 1.85. The molecule has 5 nitrogen and oxygen atoms in total. The van der Waals surface area contributed by atoms with Crippen molar-refractivity contribution in [3.05, 3.63) is 58.9 Å². The second kappa shape index (κ2) is 6.05. The molecule has 0 radical (unpaired) electrons. The molecule has 0 spiro atoms. The molecule has 122 valence electrons. The van der Waals surface area contributed by atoms with Gasteiger partial charge in [0.25, 0.3) is 11.8 Å². The van der Waals surface area contributed by atoms with Crippen molar-refractivity contribution >= 4 is 40.9 Å². The number of amides is 2. The summed E-state index contributed by atoms with van der Waals surface area (Å²) in [6.07, 6.45) is 3.43. The van der Waals surface area contributed by atoms with Gasteiger partial charge in [-0.15, -0.1) is 0 Å². The van der Waals surface area contributed by atoms with Gasteiger partial charge in [0.2, 0.25) is 0 Å². The smallest absolute Gasteiger partial charge is 0.270 e. The Morgan fingerprint density at radius 3 is 2.54 bits per heavy atom.